The number of ether oxygens (including phenoxy) is 1. The first-order chi connectivity index (χ1) is 12.4. The van der Waals surface area contributed by atoms with E-state index in [1.165, 1.54) is 0 Å². The van der Waals surface area contributed by atoms with Gasteiger partial charge in [0.15, 0.2) is 0 Å². The van der Waals surface area contributed by atoms with Crippen LogP contribution < -0.4 is 5.32 Å². The van der Waals surface area contributed by atoms with Crippen molar-refractivity contribution in [2.75, 3.05) is 25.0 Å². The lowest BCUT2D eigenvalue weighted by atomic mass is 10.2. The van der Waals surface area contributed by atoms with Crippen LogP contribution in [0.1, 0.15) is 39.0 Å². The minimum atomic E-state index is -3.48. The smallest absolute Gasteiger partial charge is 0.253 e. The Morgan fingerprint density at radius 1 is 1.23 bits per heavy atom. The monoisotopic (exact) mass is 380 g/mol. The third-order valence-corrected chi connectivity index (χ3v) is 6.30. The molecule has 1 N–H and O–H groups in total. The molecule has 144 valence electrons. The van der Waals surface area contributed by atoms with Crippen molar-refractivity contribution in [3.05, 3.63) is 36.9 Å². The fourth-order valence-electron chi connectivity index (χ4n) is 2.79. The van der Waals surface area contributed by atoms with Gasteiger partial charge >= 0.3 is 0 Å². The summed E-state index contributed by atoms with van der Waals surface area (Å²) in [7, 11) is -3.48. The van der Waals surface area contributed by atoms with Crippen molar-refractivity contribution < 1.29 is 17.9 Å². The second-order valence-corrected chi connectivity index (χ2v) is 8.36. The molecule has 26 heavy (non-hydrogen) atoms. The van der Waals surface area contributed by atoms with Gasteiger partial charge in [-0.2, -0.15) is 4.31 Å². The zero-order valence-electron chi connectivity index (χ0n) is 15.3. The third kappa shape index (κ3) is 5.65. The van der Waals surface area contributed by atoms with Gasteiger partial charge in [0, 0.05) is 18.8 Å². The molecular weight excluding hydrogens is 352 g/mol. The molecule has 0 saturated carbocycles. The number of rotatable bonds is 8. The van der Waals surface area contributed by atoms with Crippen LogP contribution in [-0.4, -0.2) is 44.4 Å². The Labute approximate surface area is 156 Å². The fourth-order valence-corrected chi connectivity index (χ4v) is 4.31. The van der Waals surface area contributed by atoms with Crippen LogP contribution in [0.3, 0.4) is 0 Å². The van der Waals surface area contributed by atoms with Gasteiger partial charge in [-0.3, -0.25) is 4.79 Å². The standard InChI is InChI=1S/C19H28N2O4S/c1-3-4-15-25-16(2)19(22)20-17-9-11-18(12-10-17)26(23,24)21-13-7-5-6-8-14-21/h3,9-12,16H,1,4-8,13-15H2,2H3,(H,20,22)/t16-/m0/s1. The summed E-state index contributed by atoms with van der Waals surface area (Å²) < 4.78 is 32.4. The largest absolute Gasteiger partial charge is 0.368 e. The Morgan fingerprint density at radius 2 is 1.85 bits per heavy atom. The molecule has 1 heterocycles. The van der Waals surface area contributed by atoms with E-state index in [1.807, 2.05) is 0 Å². The minimum Gasteiger partial charge on any atom is -0.368 e. The predicted molar refractivity (Wildman–Crippen MR) is 103 cm³/mol. The molecule has 1 atom stereocenters. The Balaban J connectivity index is 1.98. The molecule has 1 aliphatic rings. The number of hydrogen-bond acceptors (Lipinski definition) is 4. The first-order valence-corrected chi connectivity index (χ1v) is 10.5. The van der Waals surface area contributed by atoms with Crippen molar-refractivity contribution in [2.24, 2.45) is 0 Å². The van der Waals surface area contributed by atoms with Gasteiger partial charge in [-0.25, -0.2) is 8.42 Å². The second kappa shape index (κ2) is 9.85. The minimum absolute atomic E-state index is 0.257. The molecule has 1 fully saturated rings. The molecule has 0 unspecified atom stereocenters. The number of sulfonamides is 1. The van der Waals surface area contributed by atoms with Crippen molar-refractivity contribution in [3.63, 3.8) is 0 Å². The molecule has 1 amide bonds. The van der Waals surface area contributed by atoms with Crippen molar-refractivity contribution in [1.82, 2.24) is 4.31 Å². The molecule has 1 aromatic carbocycles. The second-order valence-electron chi connectivity index (χ2n) is 6.42. The van der Waals surface area contributed by atoms with Crippen molar-refractivity contribution in [2.45, 2.75) is 50.0 Å². The predicted octanol–water partition coefficient (Wildman–Crippen LogP) is 3.17. The van der Waals surface area contributed by atoms with Gasteiger partial charge < -0.3 is 10.1 Å². The van der Waals surface area contributed by atoms with Crippen LogP contribution in [-0.2, 0) is 19.6 Å². The highest BCUT2D eigenvalue weighted by atomic mass is 32.2. The average molecular weight is 381 g/mol. The summed E-state index contributed by atoms with van der Waals surface area (Å²) in [6.45, 7) is 6.86. The summed E-state index contributed by atoms with van der Waals surface area (Å²) in [6, 6.07) is 6.30. The van der Waals surface area contributed by atoms with Crippen LogP contribution >= 0.6 is 0 Å². The molecule has 1 saturated heterocycles. The summed E-state index contributed by atoms with van der Waals surface area (Å²) in [5.74, 6) is -0.266. The van der Waals surface area contributed by atoms with Crippen LogP contribution in [0.4, 0.5) is 5.69 Å². The zero-order valence-corrected chi connectivity index (χ0v) is 16.1. The maximum Gasteiger partial charge on any atom is 0.253 e. The van der Waals surface area contributed by atoms with Gasteiger partial charge in [0.1, 0.15) is 6.10 Å². The zero-order chi connectivity index (χ0) is 19.0. The van der Waals surface area contributed by atoms with Crippen molar-refractivity contribution in [1.29, 1.82) is 0 Å². The van der Waals surface area contributed by atoms with Crippen molar-refractivity contribution in [3.8, 4) is 0 Å². The summed E-state index contributed by atoms with van der Waals surface area (Å²) >= 11 is 0. The number of nitrogens with one attached hydrogen (secondary N) is 1. The lowest BCUT2D eigenvalue weighted by Gasteiger charge is -2.20. The molecule has 6 nitrogen and oxygen atoms in total. The highest BCUT2D eigenvalue weighted by Crippen LogP contribution is 2.22. The summed E-state index contributed by atoms with van der Waals surface area (Å²) in [6.07, 6.45) is 5.77. The van der Waals surface area contributed by atoms with E-state index in [0.717, 1.165) is 25.7 Å². The van der Waals surface area contributed by atoms with Gasteiger partial charge in [-0.15, -0.1) is 6.58 Å². The molecule has 0 radical (unpaired) electrons. The number of benzene rings is 1. The first kappa shape index (κ1) is 20.6. The van der Waals surface area contributed by atoms with E-state index in [1.54, 1.807) is 41.6 Å². The summed E-state index contributed by atoms with van der Waals surface area (Å²) in [5, 5.41) is 2.74. The molecule has 2 rings (SSSR count). The number of amides is 1. The van der Waals surface area contributed by atoms with E-state index in [2.05, 4.69) is 11.9 Å². The molecule has 0 spiro atoms. The number of carbonyl (C=O) groups excluding carboxylic acids is 1. The van der Waals surface area contributed by atoms with Crippen LogP contribution in [0, 0.1) is 0 Å². The Bertz CT molecular complexity index is 693. The average Bonchev–Trinajstić information content (AvgIpc) is 2.92. The summed E-state index contributed by atoms with van der Waals surface area (Å²) in [4.78, 5) is 12.3. The number of hydrogen-bond donors (Lipinski definition) is 1. The lowest BCUT2D eigenvalue weighted by Crippen LogP contribution is -2.32. The fraction of sp³-hybridized carbons (Fsp3) is 0.526. The van der Waals surface area contributed by atoms with E-state index in [-0.39, 0.29) is 10.8 Å². The molecule has 1 aliphatic heterocycles. The lowest BCUT2D eigenvalue weighted by molar-refractivity contribution is -0.126. The molecular formula is C19H28N2O4S. The maximum atomic E-state index is 12.7. The van der Waals surface area contributed by atoms with E-state index in [9.17, 15) is 13.2 Å². The highest BCUT2D eigenvalue weighted by molar-refractivity contribution is 7.89. The molecule has 0 bridgehead atoms. The van der Waals surface area contributed by atoms with Gasteiger partial charge in [-0.05, 0) is 50.5 Å². The first-order valence-electron chi connectivity index (χ1n) is 9.08. The highest BCUT2D eigenvalue weighted by Gasteiger charge is 2.25. The number of carbonyl (C=O) groups is 1. The molecule has 0 aromatic heterocycles. The topological polar surface area (TPSA) is 75.7 Å². The van der Waals surface area contributed by atoms with E-state index >= 15 is 0 Å². The van der Waals surface area contributed by atoms with Gasteiger partial charge in [-0.1, -0.05) is 18.9 Å². The maximum absolute atomic E-state index is 12.7. The van der Waals surface area contributed by atoms with Gasteiger partial charge in [0.25, 0.3) is 5.91 Å². The Hall–Kier alpha value is -1.70. The summed E-state index contributed by atoms with van der Waals surface area (Å²) in [5.41, 5.74) is 0.545. The van der Waals surface area contributed by atoms with E-state index in [4.69, 9.17) is 4.74 Å². The quantitative estimate of drug-likeness (QED) is 0.555. The van der Waals surface area contributed by atoms with E-state index in [0.29, 0.717) is 31.8 Å². The normalized spacial score (nSPS) is 17.3. The Kier molecular flexibility index (Phi) is 7.81. The van der Waals surface area contributed by atoms with E-state index < -0.39 is 16.1 Å². The SMILES string of the molecule is C=CCCO[C@@H](C)C(=O)Nc1ccc(S(=O)(=O)N2CCCCCC2)cc1. The van der Waals surface area contributed by atoms with Crippen molar-refractivity contribution >= 4 is 21.6 Å². The van der Waals surface area contributed by atoms with Crippen LogP contribution in [0.25, 0.3) is 0 Å². The number of anilines is 1. The Morgan fingerprint density at radius 3 is 2.42 bits per heavy atom. The number of nitrogens with zero attached hydrogens (tertiary/aromatic N) is 1. The molecule has 7 heteroatoms. The van der Waals surface area contributed by atoms with Crippen LogP contribution in [0.5, 0.6) is 0 Å². The third-order valence-electron chi connectivity index (χ3n) is 4.38. The van der Waals surface area contributed by atoms with Crippen LogP contribution in [0.2, 0.25) is 0 Å². The van der Waals surface area contributed by atoms with Gasteiger partial charge in [0.2, 0.25) is 10.0 Å². The molecule has 1 aromatic rings. The van der Waals surface area contributed by atoms with Crippen LogP contribution in [0.15, 0.2) is 41.8 Å². The van der Waals surface area contributed by atoms with Gasteiger partial charge in [0.05, 0.1) is 11.5 Å². The molecule has 0 aliphatic carbocycles.